The number of allylic oxidation sites excluding steroid dienone is 4. The lowest BCUT2D eigenvalue weighted by Gasteiger charge is -2.05. The van der Waals surface area contributed by atoms with Crippen molar-refractivity contribution in [2.75, 3.05) is 6.61 Å². The molecule has 0 rings (SSSR count). The summed E-state index contributed by atoms with van der Waals surface area (Å²) < 4.78 is 5.37. The van der Waals surface area contributed by atoms with E-state index in [1.54, 1.807) is 0 Å². The van der Waals surface area contributed by atoms with Crippen molar-refractivity contribution in [1.29, 1.82) is 0 Å². The van der Waals surface area contributed by atoms with E-state index in [1.165, 1.54) is 103 Å². The van der Waals surface area contributed by atoms with Crippen LogP contribution in [0.25, 0.3) is 0 Å². The molecule has 0 aromatic heterocycles. The number of ether oxygens (including phenoxy) is 1. The van der Waals surface area contributed by atoms with Crippen LogP contribution in [0.4, 0.5) is 0 Å². The van der Waals surface area contributed by atoms with Gasteiger partial charge in [0.05, 0.1) is 6.61 Å². The number of hydrogen-bond acceptors (Lipinski definition) is 2. The van der Waals surface area contributed by atoms with Gasteiger partial charge in [-0.15, -0.1) is 0 Å². The molecule has 0 unspecified atom stereocenters. The van der Waals surface area contributed by atoms with Gasteiger partial charge in [-0.25, -0.2) is 0 Å². The first kappa shape index (κ1) is 28.9. The molecule has 0 atom stereocenters. The predicted molar refractivity (Wildman–Crippen MR) is 133 cm³/mol. The fourth-order valence-electron chi connectivity index (χ4n) is 3.53. The van der Waals surface area contributed by atoms with Gasteiger partial charge in [-0.05, 0) is 51.4 Å². The van der Waals surface area contributed by atoms with Crippen LogP contribution in [0.3, 0.4) is 0 Å². The van der Waals surface area contributed by atoms with Crippen molar-refractivity contribution in [3.63, 3.8) is 0 Å². The summed E-state index contributed by atoms with van der Waals surface area (Å²) in [6.45, 7) is 5.08. The lowest BCUT2D eigenvalue weighted by Crippen LogP contribution is -2.05. The first-order chi connectivity index (χ1) is 14.8. The Balaban J connectivity index is 3.21. The zero-order chi connectivity index (χ0) is 22.0. The van der Waals surface area contributed by atoms with Crippen LogP contribution < -0.4 is 0 Å². The van der Waals surface area contributed by atoms with Crippen LogP contribution in [0.2, 0.25) is 0 Å². The number of unbranched alkanes of at least 4 members (excludes halogenated alkanes) is 15. The summed E-state index contributed by atoms with van der Waals surface area (Å²) in [6, 6.07) is 0. The highest BCUT2D eigenvalue weighted by molar-refractivity contribution is 5.69. The summed E-state index contributed by atoms with van der Waals surface area (Å²) in [5.41, 5.74) is 0. The Morgan fingerprint density at radius 2 is 1.00 bits per heavy atom. The molecule has 0 fully saturated rings. The highest BCUT2D eigenvalue weighted by Gasteiger charge is 2.02. The minimum absolute atomic E-state index is 0.00548. The van der Waals surface area contributed by atoms with Crippen molar-refractivity contribution in [3.05, 3.63) is 24.3 Å². The van der Waals surface area contributed by atoms with E-state index in [4.69, 9.17) is 4.74 Å². The van der Waals surface area contributed by atoms with Gasteiger partial charge >= 0.3 is 5.97 Å². The highest BCUT2D eigenvalue weighted by Crippen LogP contribution is 2.11. The van der Waals surface area contributed by atoms with Crippen LogP contribution in [-0.4, -0.2) is 12.6 Å². The quantitative estimate of drug-likeness (QED) is 0.0934. The summed E-state index contributed by atoms with van der Waals surface area (Å²) in [7, 11) is 0. The molecule has 2 nitrogen and oxygen atoms in total. The fraction of sp³-hybridized carbons (Fsp3) is 0.821. The lowest BCUT2D eigenvalue weighted by molar-refractivity contribution is -0.143. The Morgan fingerprint density at radius 3 is 1.57 bits per heavy atom. The van der Waals surface area contributed by atoms with E-state index in [0.29, 0.717) is 13.0 Å². The molecule has 2 heteroatoms. The Labute approximate surface area is 188 Å². The molecule has 0 saturated carbocycles. The smallest absolute Gasteiger partial charge is 0.305 e. The van der Waals surface area contributed by atoms with Gasteiger partial charge in [0.25, 0.3) is 0 Å². The SMILES string of the molecule is CCC/C=C\CCCCCCCCC(=O)OCCCCCCCC/C=C\CCCC. The second-order valence-electron chi connectivity index (χ2n) is 8.66. The molecule has 0 bridgehead atoms. The summed E-state index contributed by atoms with van der Waals surface area (Å²) in [4.78, 5) is 11.8. The van der Waals surface area contributed by atoms with Crippen molar-refractivity contribution in [1.82, 2.24) is 0 Å². The summed E-state index contributed by atoms with van der Waals surface area (Å²) in [5.74, 6) is 0.00548. The predicted octanol–water partition coefficient (Wildman–Crippen LogP) is 9.48. The molecule has 0 aliphatic rings. The minimum Gasteiger partial charge on any atom is -0.466 e. The maximum absolute atomic E-state index is 11.8. The topological polar surface area (TPSA) is 26.3 Å². The number of hydrogen-bond donors (Lipinski definition) is 0. The molecule has 0 aliphatic heterocycles. The average molecular weight is 421 g/mol. The van der Waals surface area contributed by atoms with Crippen LogP contribution in [0.15, 0.2) is 24.3 Å². The molecule has 0 aromatic carbocycles. The first-order valence-electron chi connectivity index (χ1n) is 13.3. The van der Waals surface area contributed by atoms with Gasteiger partial charge in [-0.1, -0.05) is 109 Å². The molecule has 176 valence electrons. The molecule has 0 N–H and O–H groups in total. The highest BCUT2D eigenvalue weighted by atomic mass is 16.5. The van der Waals surface area contributed by atoms with Gasteiger partial charge in [-0.3, -0.25) is 4.79 Å². The Morgan fingerprint density at radius 1 is 0.533 bits per heavy atom. The first-order valence-corrected chi connectivity index (χ1v) is 13.3. The molecular weight excluding hydrogens is 368 g/mol. The third-order valence-corrected chi connectivity index (χ3v) is 5.54. The van der Waals surface area contributed by atoms with E-state index in [-0.39, 0.29) is 5.97 Å². The molecule has 0 amide bonds. The molecule has 0 saturated heterocycles. The van der Waals surface area contributed by atoms with Gasteiger partial charge < -0.3 is 4.74 Å². The van der Waals surface area contributed by atoms with Gasteiger partial charge in [0, 0.05) is 6.42 Å². The van der Waals surface area contributed by atoms with Crippen molar-refractivity contribution >= 4 is 5.97 Å². The van der Waals surface area contributed by atoms with Crippen molar-refractivity contribution in [3.8, 4) is 0 Å². The molecule has 0 heterocycles. The van der Waals surface area contributed by atoms with Gasteiger partial charge in [0.2, 0.25) is 0 Å². The van der Waals surface area contributed by atoms with Gasteiger partial charge in [0.15, 0.2) is 0 Å². The lowest BCUT2D eigenvalue weighted by atomic mass is 10.1. The van der Waals surface area contributed by atoms with Gasteiger partial charge in [-0.2, -0.15) is 0 Å². The Bertz CT molecular complexity index is 397. The van der Waals surface area contributed by atoms with Crippen LogP contribution in [-0.2, 0) is 9.53 Å². The second-order valence-corrected chi connectivity index (χ2v) is 8.66. The van der Waals surface area contributed by atoms with Crippen LogP contribution in [0.5, 0.6) is 0 Å². The number of esters is 1. The van der Waals surface area contributed by atoms with Crippen molar-refractivity contribution < 1.29 is 9.53 Å². The van der Waals surface area contributed by atoms with Crippen molar-refractivity contribution in [2.45, 2.75) is 142 Å². The van der Waals surface area contributed by atoms with Gasteiger partial charge in [0.1, 0.15) is 0 Å². The summed E-state index contributed by atoms with van der Waals surface area (Å²) in [5, 5.41) is 0. The van der Waals surface area contributed by atoms with Crippen LogP contribution >= 0.6 is 0 Å². The minimum atomic E-state index is 0.00548. The number of carbonyl (C=O) groups excluding carboxylic acids is 1. The van der Waals surface area contributed by atoms with E-state index in [9.17, 15) is 4.79 Å². The maximum Gasteiger partial charge on any atom is 0.305 e. The monoisotopic (exact) mass is 420 g/mol. The third kappa shape index (κ3) is 25.0. The van der Waals surface area contributed by atoms with E-state index in [1.807, 2.05) is 0 Å². The molecule has 0 aromatic rings. The van der Waals surface area contributed by atoms with E-state index >= 15 is 0 Å². The van der Waals surface area contributed by atoms with Crippen molar-refractivity contribution in [2.24, 2.45) is 0 Å². The molecule has 0 spiro atoms. The average Bonchev–Trinajstić information content (AvgIpc) is 2.75. The summed E-state index contributed by atoms with van der Waals surface area (Å²) >= 11 is 0. The number of carbonyl (C=O) groups is 1. The Hall–Kier alpha value is -1.05. The largest absolute Gasteiger partial charge is 0.466 e. The van der Waals surface area contributed by atoms with E-state index < -0.39 is 0 Å². The Kier molecular flexibility index (Phi) is 25.1. The fourth-order valence-corrected chi connectivity index (χ4v) is 3.53. The van der Waals surface area contributed by atoms with E-state index in [0.717, 1.165) is 19.3 Å². The number of rotatable bonds is 23. The zero-order valence-corrected chi connectivity index (χ0v) is 20.5. The molecular formula is C28H52O2. The van der Waals surface area contributed by atoms with Crippen LogP contribution in [0, 0.1) is 0 Å². The molecule has 0 radical (unpaired) electrons. The summed E-state index contributed by atoms with van der Waals surface area (Å²) in [6.07, 6.45) is 33.4. The zero-order valence-electron chi connectivity index (χ0n) is 20.5. The normalized spacial score (nSPS) is 11.7. The molecule has 0 aliphatic carbocycles. The molecule has 30 heavy (non-hydrogen) atoms. The van der Waals surface area contributed by atoms with E-state index in [2.05, 4.69) is 38.2 Å². The van der Waals surface area contributed by atoms with Crippen LogP contribution in [0.1, 0.15) is 142 Å². The second kappa shape index (κ2) is 26.0. The third-order valence-electron chi connectivity index (χ3n) is 5.54. The standard InChI is InChI=1S/C28H52O2/c1-3-5-7-9-11-13-15-17-19-21-23-25-27-30-28(29)26-24-22-20-18-16-14-12-10-8-6-4-2/h8-11H,3-7,12-27H2,1-2H3/b10-8-,11-9-. The maximum atomic E-state index is 11.8.